The molecule has 1 aliphatic heterocycles. The monoisotopic (exact) mass is 607 g/mol. The molecular formula is C31H31FIN3O. The Labute approximate surface area is 231 Å². The standard InChI is InChI=1S/C31H31FIN3O/c1-2-36(15-3-5-23-20-35-30-13-11-27(33)18-28(23)30)16-4-14-31(25-7-9-26(32)10-8-25)29-12-6-22(19-34)17-24(29)21-37-31/h6-13,17-18,20,35H,2-5,14-16,21H2,1H3. The Balaban J connectivity index is 1.25. The average Bonchev–Trinajstić information content (AvgIpc) is 3.49. The molecule has 1 aromatic heterocycles. The van der Waals surface area contributed by atoms with Crippen LogP contribution in [-0.2, 0) is 23.4 Å². The first-order valence-corrected chi connectivity index (χ1v) is 14.0. The maximum absolute atomic E-state index is 13.7. The van der Waals surface area contributed by atoms with Crippen LogP contribution in [0.15, 0.2) is 66.9 Å². The normalized spacial score (nSPS) is 16.8. The van der Waals surface area contributed by atoms with Gasteiger partial charge in [-0.05, 0) is 133 Å². The molecule has 1 unspecified atom stereocenters. The Bertz CT molecular complexity index is 1420. The molecule has 0 radical (unpaired) electrons. The molecule has 1 atom stereocenters. The fourth-order valence-corrected chi connectivity index (χ4v) is 6.09. The van der Waals surface area contributed by atoms with E-state index in [0.29, 0.717) is 12.2 Å². The molecule has 1 aliphatic rings. The van der Waals surface area contributed by atoms with Crippen LogP contribution in [0.3, 0.4) is 0 Å². The van der Waals surface area contributed by atoms with Gasteiger partial charge in [-0.15, -0.1) is 0 Å². The van der Waals surface area contributed by atoms with E-state index < -0.39 is 5.60 Å². The molecule has 0 aliphatic carbocycles. The number of aromatic amines is 1. The number of halogens is 2. The number of rotatable bonds is 10. The van der Waals surface area contributed by atoms with Gasteiger partial charge in [0.2, 0.25) is 0 Å². The van der Waals surface area contributed by atoms with E-state index in [-0.39, 0.29) is 5.82 Å². The van der Waals surface area contributed by atoms with Gasteiger partial charge in [-0.25, -0.2) is 4.39 Å². The molecular weight excluding hydrogens is 576 g/mol. The molecule has 190 valence electrons. The summed E-state index contributed by atoms with van der Waals surface area (Å²) in [6.07, 6.45) is 6.06. The lowest BCUT2D eigenvalue weighted by molar-refractivity contribution is -0.0145. The van der Waals surface area contributed by atoms with Crippen molar-refractivity contribution in [1.82, 2.24) is 9.88 Å². The van der Waals surface area contributed by atoms with Gasteiger partial charge in [-0.3, -0.25) is 0 Å². The minimum atomic E-state index is -0.613. The second-order valence-electron chi connectivity index (χ2n) is 9.75. The number of hydrogen-bond donors (Lipinski definition) is 1. The summed E-state index contributed by atoms with van der Waals surface area (Å²) >= 11 is 2.37. The number of nitriles is 1. The van der Waals surface area contributed by atoms with Gasteiger partial charge < -0.3 is 14.6 Å². The number of H-pyrrole nitrogens is 1. The minimum Gasteiger partial charge on any atom is -0.361 e. The predicted molar refractivity (Wildman–Crippen MR) is 154 cm³/mol. The Morgan fingerprint density at radius 2 is 1.89 bits per heavy atom. The number of fused-ring (bicyclic) bond motifs is 2. The summed E-state index contributed by atoms with van der Waals surface area (Å²) < 4.78 is 21.5. The Morgan fingerprint density at radius 3 is 2.68 bits per heavy atom. The number of nitrogens with zero attached hydrogens (tertiary/aromatic N) is 2. The van der Waals surface area contributed by atoms with Crippen molar-refractivity contribution in [3.8, 4) is 6.07 Å². The number of aromatic nitrogens is 1. The highest BCUT2D eigenvalue weighted by Crippen LogP contribution is 2.45. The first kappa shape index (κ1) is 25.9. The lowest BCUT2D eigenvalue weighted by Gasteiger charge is -2.32. The Hall–Kier alpha value is -2.73. The van der Waals surface area contributed by atoms with Gasteiger partial charge in [0.15, 0.2) is 0 Å². The molecule has 0 saturated carbocycles. The van der Waals surface area contributed by atoms with Crippen LogP contribution < -0.4 is 0 Å². The van der Waals surface area contributed by atoms with Crippen LogP contribution >= 0.6 is 22.6 Å². The highest BCUT2D eigenvalue weighted by Gasteiger charge is 2.41. The molecule has 0 saturated heterocycles. The van der Waals surface area contributed by atoms with Gasteiger partial charge in [0, 0.05) is 20.7 Å². The molecule has 0 bridgehead atoms. The highest BCUT2D eigenvalue weighted by molar-refractivity contribution is 14.1. The van der Waals surface area contributed by atoms with E-state index in [4.69, 9.17) is 4.74 Å². The lowest BCUT2D eigenvalue weighted by Crippen LogP contribution is -2.31. The third kappa shape index (κ3) is 5.45. The zero-order chi connectivity index (χ0) is 25.8. The molecule has 3 aromatic carbocycles. The average molecular weight is 608 g/mol. The van der Waals surface area contributed by atoms with Crippen molar-refractivity contribution in [2.24, 2.45) is 0 Å². The summed E-state index contributed by atoms with van der Waals surface area (Å²) in [5.41, 5.74) is 5.71. The van der Waals surface area contributed by atoms with Gasteiger partial charge in [-0.1, -0.05) is 25.1 Å². The van der Waals surface area contributed by atoms with Crippen LogP contribution in [0.1, 0.15) is 54.0 Å². The van der Waals surface area contributed by atoms with E-state index in [9.17, 15) is 9.65 Å². The molecule has 0 fully saturated rings. The zero-order valence-electron chi connectivity index (χ0n) is 21.1. The topological polar surface area (TPSA) is 52.0 Å². The van der Waals surface area contributed by atoms with Gasteiger partial charge in [0.05, 0.1) is 18.2 Å². The van der Waals surface area contributed by atoms with E-state index >= 15 is 0 Å². The molecule has 4 aromatic rings. The van der Waals surface area contributed by atoms with E-state index in [1.165, 1.54) is 32.2 Å². The summed E-state index contributed by atoms with van der Waals surface area (Å²) in [5, 5.41) is 10.7. The van der Waals surface area contributed by atoms with Gasteiger partial charge in [0.1, 0.15) is 11.4 Å². The number of aryl methyl sites for hydroxylation is 1. The number of benzene rings is 3. The van der Waals surface area contributed by atoms with E-state index in [0.717, 1.165) is 62.0 Å². The first-order valence-electron chi connectivity index (χ1n) is 12.9. The summed E-state index contributed by atoms with van der Waals surface area (Å²) in [6.45, 7) is 5.69. The van der Waals surface area contributed by atoms with Crippen molar-refractivity contribution in [2.45, 2.75) is 44.8 Å². The van der Waals surface area contributed by atoms with Crippen molar-refractivity contribution in [3.05, 3.63) is 104 Å². The summed E-state index contributed by atoms with van der Waals surface area (Å²) in [7, 11) is 0. The second kappa shape index (κ2) is 11.3. The molecule has 1 N–H and O–H groups in total. The minimum absolute atomic E-state index is 0.251. The quantitative estimate of drug-likeness (QED) is 0.193. The number of hydrogen-bond acceptors (Lipinski definition) is 3. The number of ether oxygens (including phenoxy) is 1. The van der Waals surface area contributed by atoms with Crippen LogP contribution in [0.5, 0.6) is 0 Å². The van der Waals surface area contributed by atoms with Crippen LogP contribution in [0.4, 0.5) is 4.39 Å². The maximum Gasteiger partial charge on any atom is 0.123 e. The van der Waals surface area contributed by atoms with Crippen LogP contribution in [0.2, 0.25) is 0 Å². The molecule has 4 nitrogen and oxygen atoms in total. The van der Waals surface area contributed by atoms with Gasteiger partial charge in [-0.2, -0.15) is 5.26 Å². The molecule has 5 rings (SSSR count). The van der Waals surface area contributed by atoms with Crippen molar-refractivity contribution < 1.29 is 9.13 Å². The summed E-state index contributed by atoms with van der Waals surface area (Å²) in [6, 6.07) is 21.3. The molecule has 37 heavy (non-hydrogen) atoms. The van der Waals surface area contributed by atoms with Crippen LogP contribution in [0.25, 0.3) is 10.9 Å². The molecule has 6 heteroatoms. The summed E-state index contributed by atoms with van der Waals surface area (Å²) in [4.78, 5) is 5.90. The highest BCUT2D eigenvalue weighted by atomic mass is 127. The zero-order valence-corrected chi connectivity index (χ0v) is 23.2. The fraction of sp³-hybridized carbons (Fsp3) is 0.323. The number of nitrogens with one attached hydrogen (secondary N) is 1. The van der Waals surface area contributed by atoms with E-state index in [2.05, 4.69) is 69.9 Å². The molecule has 2 heterocycles. The largest absolute Gasteiger partial charge is 0.361 e. The van der Waals surface area contributed by atoms with Crippen molar-refractivity contribution >= 4 is 33.5 Å². The smallest absolute Gasteiger partial charge is 0.123 e. The van der Waals surface area contributed by atoms with E-state index in [1.807, 2.05) is 30.3 Å². The third-order valence-electron chi connectivity index (χ3n) is 7.55. The summed E-state index contributed by atoms with van der Waals surface area (Å²) in [5.74, 6) is -0.251. The van der Waals surface area contributed by atoms with Gasteiger partial charge in [0.25, 0.3) is 0 Å². The fourth-order valence-electron chi connectivity index (χ4n) is 5.59. The third-order valence-corrected chi connectivity index (χ3v) is 8.23. The van der Waals surface area contributed by atoms with Crippen LogP contribution in [0, 0.1) is 20.7 Å². The Morgan fingerprint density at radius 1 is 1.08 bits per heavy atom. The van der Waals surface area contributed by atoms with Crippen molar-refractivity contribution in [1.29, 1.82) is 5.26 Å². The van der Waals surface area contributed by atoms with Crippen molar-refractivity contribution in [3.63, 3.8) is 0 Å². The SMILES string of the molecule is CCN(CCCc1c[nH]c2ccc(I)cc12)CCCC1(c2ccc(F)cc2)OCc2cc(C#N)ccc21. The van der Waals surface area contributed by atoms with Gasteiger partial charge >= 0.3 is 0 Å². The molecule has 0 spiro atoms. The van der Waals surface area contributed by atoms with Crippen LogP contribution in [-0.4, -0.2) is 29.5 Å². The molecule has 0 amide bonds. The second-order valence-corrected chi connectivity index (χ2v) is 11.0. The van der Waals surface area contributed by atoms with E-state index in [1.54, 1.807) is 0 Å². The Kier molecular flexibility index (Phi) is 7.94. The van der Waals surface area contributed by atoms with Crippen molar-refractivity contribution in [2.75, 3.05) is 19.6 Å². The predicted octanol–water partition coefficient (Wildman–Crippen LogP) is 7.29. The first-order chi connectivity index (χ1) is 18.0. The lowest BCUT2D eigenvalue weighted by atomic mass is 9.81. The maximum atomic E-state index is 13.7.